The van der Waals surface area contributed by atoms with Crippen LogP contribution >= 0.6 is 11.8 Å². The highest BCUT2D eigenvalue weighted by molar-refractivity contribution is 7.99. The molecule has 0 atom stereocenters. The number of nitrogens with zero attached hydrogens (tertiary/aromatic N) is 5. The van der Waals surface area contributed by atoms with Crippen molar-refractivity contribution in [3.63, 3.8) is 0 Å². The molecule has 0 saturated carbocycles. The summed E-state index contributed by atoms with van der Waals surface area (Å²) in [6.07, 6.45) is 4.93. The Balaban J connectivity index is 1.49. The van der Waals surface area contributed by atoms with E-state index >= 15 is 0 Å². The van der Waals surface area contributed by atoms with Crippen LogP contribution in [-0.2, 0) is 4.79 Å². The SMILES string of the molecule is COc1ccc(OC)c(/C=N/NC(=O)CSc2nnc(-c3ccncc3)n2-c2ccc(C)cc2)c1. The molecule has 0 aliphatic rings. The van der Waals surface area contributed by atoms with Crippen LogP contribution in [-0.4, -0.2) is 51.8 Å². The van der Waals surface area contributed by atoms with Gasteiger partial charge in [0.15, 0.2) is 11.0 Å². The van der Waals surface area contributed by atoms with E-state index in [1.807, 2.05) is 47.9 Å². The Morgan fingerprint density at radius 1 is 1.06 bits per heavy atom. The third-order valence-electron chi connectivity index (χ3n) is 5.03. The van der Waals surface area contributed by atoms with Gasteiger partial charge in [-0.1, -0.05) is 29.5 Å². The Bertz CT molecular complexity index is 1320. The number of pyridine rings is 1. The number of amides is 1. The molecule has 35 heavy (non-hydrogen) atoms. The first-order valence-electron chi connectivity index (χ1n) is 10.7. The van der Waals surface area contributed by atoms with Gasteiger partial charge < -0.3 is 9.47 Å². The average Bonchev–Trinajstić information content (AvgIpc) is 3.32. The summed E-state index contributed by atoms with van der Waals surface area (Å²) in [4.78, 5) is 16.6. The van der Waals surface area contributed by atoms with Crippen LogP contribution in [0.2, 0.25) is 0 Å². The highest BCUT2D eigenvalue weighted by Gasteiger charge is 2.17. The van der Waals surface area contributed by atoms with E-state index in [0.717, 1.165) is 16.8 Å². The molecule has 4 rings (SSSR count). The summed E-state index contributed by atoms with van der Waals surface area (Å²) in [6, 6.07) is 17.1. The van der Waals surface area contributed by atoms with Crippen molar-refractivity contribution >= 4 is 23.9 Å². The lowest BCUT2D eigenvalue weighted by Gasteiger charge is -2.10. The summed E-state index contributed by atoms with van der Waals surface area (Å²) in [7, 11) is 3.15. The van der Waals surface area contributed by atoms with Gasteiger partial charge >= 0.3 is 0 Å². The second kappa shape index (κ2) is 11.3. The minimum atomic E-state index is -0.281. The molecule has 0 fully saturated rings. The molecule has 1 N–H and O–H groups in total. The summed E-state index contributed by atoms with van der Waals surface area (Å²) in [5, 5.41) is 13.4. The van der Waals surface area contributed by atoms with E-state index in [1.54, 1.807) is 44.8 Å². The number of aromatic nitrogens is 4. The molecule has 178 valence electrons. The van der Waals surface area contributed by atoms with Crippen molar-refractivity contribution in [3.8, 4) is 28.6 Å². The number of nitrogens with one attached hydrogen (secondary N) is 1. The standard InChI is InChI=1S/C25H24N6O3S/c1-17-4-6-20(7-5-17)31-24(18-10-12-26-13-11-18)29-30-25(31)35-16-23(32)28-27-15-19-14-21(33-2)8-9-22(19)34-3/h4-15H,16H2,1-3H3,(H,28,32)/b27-15+. The highest BCUT2D eigenvalue weighted by atomic mass is 32.2. The van der Waals surface area contributed by atoms with E-state index in [1.165, 1.54) is 18.0 Å². The van der Waals surface area contributed by atoms with E-state index in [2.05, 4.69) is 25.7 Å². The smallest absolute Gasteiger partial charge is 0.250 e. The number of ether oxygens (including phenoxy) is 2. The first-order chi connectivity index (χ1) is 17.1. The number of thioether (sulfide) groups is 1. The minimum Gasteiger partial charge on any atom is -0.497 e. The van der Waals surface area contributed by atoms with Gasteiger partial charge in [0.25, 0.3) is 5.91 Å². The van der Waals surface area contributed by atoms with Crippen molar-refractivity contribution < 1.29 is 14.3 Å². The Hall–Kier alpha value is -4.18. The number of aryl methyl sites for hydroxylation is 1. The van der Waals surface area contributed by atoms with Crippen LogP contribution in [0.1, 0.15) is 11.1 Å². The number of carbonyl (C=O) groups is 1. The van der Waals surface area contributed by atoms with Crippen LogP contribution in [0, 0.1) is 6.92 Å². The van der Waals surface area contributed by atoms with Gasteiger partial charge in [0.05, 0.1) is 26.2 Å². The molecule has 0 aliphatic carbocycles. The van der Waals surface area contributed by atoms with E-state index < -0.39 is 0 Å². The van der Waals surface area contributed by atoms with Crippen LogP contribution in [0.4, 0.5) is 0 Å². The largest absolute Gasteiger partial charge is 0.497 e. The topological polar surface area (TPSA) is 104 Å². The molecule has 0 radical (unpaired) electrons. The lowest BCUT2D eigenvalue weighted by Crippen LogP contribution is -2.20. The Morgan fingerprint density at radius 3 is 2.54 bits per heavy atom. The van der Waals surface area contributed by atoms with Gasteiger partial charge in [-0.05, 0) is 49.4 Å². The zero-order chi connectivity index (χ0) is 24.6. The average molecular weight is 489 g/mol. The molecule has 0 spiro atoms. The molecule has 1 amide bonds. The van der Waals surface area contributed by atoms with E-state index in [4.69, 9.17) is 9.47 Å². The van der Waals surface area contributed by atoms with Crippen molar-refractivity contribution in [1.82, 2.24) is 25.2 Å². The van der Waals surface area contributed by atoms with Crippen molar-refractivity contribution in [1.29, 1.82) is 0 Å². The Labute approximate surface area is 207 Å². The Kier molecular flexibility index (Phi) is 7.74. The predicted octanol–water partition coefficient (Wildman–Crippen LogP) is 3.90. The molecular weight excluding hydrogens is 464 g/mol. The predicted molar refractivity (Wildman–Crippen MR) is 135 cm³/mol. The molecule has 2 heterocycles. The lowest BCUT2D eigenvalue weighted by atomic mass is 10.2. The van der Waals surface area contributed by atoms with Gasteiger partial charge in [0.1, 0.15) is 11.5 Å². The van der Waals surface area contributed by atoms with Gasteiger partial charge in [0, 0.05) is 29.2 Å². The van der Waals surface area contributed by atoms with E-state index in [-0.39, 0.29) is 11.7 Å². The number of rotatable bonds is 9. The molecule has 0 unspecified atom stereocenters. The summed E-state index contributed by atoms with van der Waals surface area (Å²) in [6.45, 7) is 2.03. The Morgan fingerprint density at radius 2 is 1.83 bits per heavy atom. The maximum atomic E-state index is 12.5. The monoisotopic (exact) mass is 488 g/mol. The van der Waals surface area contributed by atoms with Gasteiger partial charge in [-0.25, -0.2) is 5.43 Å². The van der Waals surface area contributed by atoms with Crippen LogP contribution in [0.25, 0.3) is 17.1 Å². The molecule has 9 nitrogen and oxygen atoms in total. The number of hydrogen-bond donors (Lipinski definition) is 1. The normalized spacial score (nSPS) is 10.9. The second-order valence-corrected chi connectivity index (χ2v) is 8.35. The van der Waals surface area contributed by atoms with E-state index in [0.29, 0.717) is 28.0 Å². The van der Waals surface area contributed by atoms with Crippen LogP contribution in [0.15, 0.2) is 77.2 Å². The fourth-order valence-electron chi connectivity index (χ4n) is 3.25. The summed E-state index contributed by atoms with van der Waals surface area (Å²) >= 11 is 1.27. The molecular formula is C25H24N6O3S. The summed E-state index contributed by atoms with van der Waals surface area (Å²) in [5.41, 5.74) is 6.15. The van der Waals surface area contributed by atoms with Crippen LogP contribution in [0.5, 0.6) is 11.5 Å². The first kappa shape index (κ1) is 24.0. The summed E-state index contributed by atoms with van der Waals surface area (Å²) < 4.78 is 12.5. The fourth-order valence-corrected chi connectivity index (χ4v) is 4.00. The molecule has 0 bridgehead atoms. The van der Waals surface area contributed by atoms with Gasteiger partial charge in [-0.2, -0.15) is 5.10 Å². The minimum absolute atomic E-state index is 0.104. The molecule has 0 aliphatic heterocycles. The van der Waals surface area contributed by atoms with Crippen LogP contribution < -0.4 is 14.9 Å². The second-order valence-electron chi connectivity index (χ2n) is 7.40. The number of hydrazone groups is 1. The maximum Gasteiger partial charge on any atom is 0.250 e. The van der Waals surface area contributed by atoms with Crippen molar-refractivity contribution in [2.75, 3.05) is 20.0 Å². The van der Waals surface area contributed by atoms with Gasteiger partial charge in [-0.3, -0.25) is 14.3 Å². The molecule has 10 heteroatoms. The third kappa shape index (κ3) is 5.85. The molecule has 2 aromatic heterocycles. The van der Waals surface area contributed by atoms with Gasteiger partial charge in [-0.15, -0.1) is 10.2 Å². The zero-order valence-corrected chi connectivity index (χ0v) is 20.3. The molecule has 2 aromatic carbocycles. The number of benzene rings is 2. The summed E-state index contributed by atoms with van der Waals surface area (Å²) in [5.74, 6) is 1.77. The quantitative estimate of drug-likeness (QED) is 0.216. The van der Waals surface area contributed by atoms with Crippen molar-refractivity contribution in [2.24, 2.45) is 5.10 Å². The third-order valence-corrected chi connectivity index (χ3v) is 5.96. The number of hydrogen-bond acceptors (Lipinski definition) is 8. The first-order valence-corrected chi connectivity index (χ1v) is 11.7. The van der Waals surface area contributed by atoms with Crippen molar-refractivity contribution in [3.05, 3.63) is 78.1 Å². The highest BCUT2D eigenvalue weighted by Crippen LogP contribution is 2.28. The number of methoxy groups -OCH3 is 2. The van der Waals surface area contributed by atoms with Crippen molar-refractivity contribution in [2.45, 2.75) is 12.1 Å². The van der Waals surface area contributed by atoms with Gasteiger partial charge in [0.2, 0.25) is 0 Å². The number of carbonyl (C=O) groups excluding carboxylic acids is 1. The maximum absolute atomic E-state index is 12.5. The van der Waals surface area contributed by atoms with E-state index in [9.17, 15) is 4.79 Å². The fraction of sp³-hybridized carbons (Fsp3) is 0.160. The molecule has 0 saturated heterocycles. The van der Waals surface area contributed by atoms with Crippen LogP contribution in [0.3, 0.4) is 0 Å². The zero-order valence-electron chi connectivity index (χ0n) is 19.5. The molecule has 4 aromatic rings. The lowest BCUT2D eigenvalue weighted by molar-refractivity contribution is -0.118.